The Bertz CT molecular complexity index is 832. The molecule has 3 heterocycles. The number of carbonyl (C=O) groups excluding carboxylic acids is 1. The van der Waals surface area contributed by atoms with E-state index in [9.17, 15) is 4.79 Å². The number of nitrogens with zero attached hydrogens (tertiary/aromatic N) is 3. The molecule has 1 aliphatic heterocycles. The van der Waals surface area contributed by atoms with Gasteiger partial charge in [0.15, 0.2) is 0 Å². The van der Waals surface area contributed by atoms with Crippen LogP contribution in [0.1, 0.15) is 17.0 Å². The molecule has 0 aliphatic carbocycles. The van der Waals surface area contributed by atoms with Crippen molar-refractivity contribution >= 4 is 16.8 Å². The number of rotatable bonds is 3. The quantitative estimate of drug-likeness (QED) is 0.743. The first-order valence-electron chi connectivity index (χ1n) is 7.52. The number of benzene rings is 1. The lowest BCUT2D eigenvalue weighted by Crippen LogP contribution is -2.30. The van der Waals surface area contributed by atoms with Gasteiger partial charge >= 0.3 is 0 Å². The van der Waals surface area contributed by atoms with Gasteiger partial charge in [0.1, 0.15) is 6.10 Å². The fraction of sp³-hybridized carbons (Fsp3) is 0.235. The molecule has 116 valence electrons. The van der Waals surface area contributed by atoms with Crippen molar-refractivity contribution in [2.24, 2.45) is 0 Å². The molecule has 0 spiro atoms. The molecule has 1 fully saturated rings. The molecule has 0 bridgehead atoms. The number of amides is 1. The minimum atomic E-state index is -0.153. The number of ether oxygens (including phenoxy) is 1. The number of carbonyl (C=O) groups is 1. The molecule has 0 radical (unpaired) electrons. The van der Waals surface area contributed by atoms with E-state index in [4.69, 9.17) is 9.26 Å². The summed E-state index contributed by atoms with van der Waals surface area (Å²) in [6.45, 7) is 1.16. The number of hydrogen-bond donors (Lipinski definition) is 0. The molecular weight excluding hydrogens is 294 g/mol. The van der Waals surface area contributed by atoms with Crippen molar-refractivity contribution in [3.05, 3.63) is 54.4 Å². The van der Waals surface area contributed by atoms with E-state index in [0.29, 0.717) is 19.0 Å². The van der Waals surface area contributed by atoms with Gasteiger partial charge in [-0.2, -0.15) is 0 Å². The van der Waals surface area contributed by atoms with Gasteiger partial charge in [-0.05, 0) is 12.1 Å². The lowest BCUT2D eigenvalue weighted by molar-refractivity contribution is 0.0730. The van der Waals surface area contributed by atoms with Crippen LogP contribution >= 0.6 is 0 Å². The van der Waals surface area contributed by atoms with Crippen molar-refractivity contribution in [3.63, 3.8) is 0 Å². The third-order valence-corrected chi connectivity index (χ3v) is 3.94. The first kappa shape index (κ1) is 13.8. The average Bonchev–Trinajstić information content (AvgIpc) is 3.26. The number of fused-ring (bicyclic) bond motifs is 1. The van der Waals surface area contributed by atoms with Crippen LogP contribution in [0, 0.1) is 0 Å². The molecule has 1 aromatic carbocycles. The lowest BCUT2D eigenvalue weighted by Gasteiger charge is -2.15. The van der Waals surface area contributed by atoms with E-state index in [0.717, 1.165) is 17.3 Å². The van der Waals surface area contributed by atoms with Crippen LogP contribution in [0.3, 0.4) is 0 Å². The van der Waals surface area contributed by atoms with E-state index in [1.54, 1.807) is 11.0 Å². The summed E-state index contributed by atoms with van der Waals surface area (Å²) in [4.78, 5) is 18.4. The smallest absolute Gasteiger partial charge is 0.292 e. The summed E-state index contributed by atoms with van der Waals surface area (Å²) < 4.78 is 10.8. The first-order valence-corrected chi connectivity index (χ1v) is 7.52. The number of para-hydroxylation sites is 1. The number of aromatic nitrogens is 2. The SMILES string of the molecule is O=C(c1ccno1)N1CCC(Oc2ccc3ccccc3n2)C1. The van der Waals surface area contributed by atoms with Crippen LogP contribution in [0.15, 0.2) is 53.2 Å². The summed E-state index contributed by atoms with van der Waals surface area (Å²) in [5.74, 6) is 0.692. The summed E-state index contributed by atoms with van der Waals surface area (Å²) >= 11 is 0. The maximum atomic E-state index is 12.2. The molecule has 1 aliphatic rings. The molecule has 6 nitrogen and oxygen atoms in total. The predicted molar refractivity (Wildman–Crippen MR) is 83.2 cm³/mol. The van der Waals surface area contributed by atoms with E-state index in [-0.39, 0.29) is 17.8 Å². The Morgan fingerprint density at radius 1 is 1.22 bits per heavy atom. The van der Waals surface area contributed by atoms with Crippen molar-refractivity contribution in [2.75, 3.05) is 13.1 Å². The van der Waals surface area contributed by atoms with Crippen LogP contribution in [0.5, 0.6) is 5.88 Å². The second kappa shape index (κ2) is 5.72. The highest BCUT2D eigenvalue weighted by atomic mass is 16.5. The summed E-state index contributed by atoms with van der Waals surface area (Å²) in [5.41, 5.74) is 0.901. The normalized spacial score (nSPS) is 17.6. The van der Waals surface area contributed by atoms with E-state index in [1.807, 2.05) is 36.4 Å². The van der Waals surface area contributed by atoms with Gasteiger partial charge in [-0.15, -0.1) is 0 Å². The minimum Gasteiger partial charge on any atom is -0.472 e. The average molecular weight is 309 g/mol. The highest BCUT2D eigenvalue weighted by Gasteiger charge is 2.30. The number of hydrogen-bond acceptors (Lipinski definition) is 5. The Balaban J connectivity index is 1.44. The zero-order valence-corrected chi connectivity index (χ0v) is 12.4. The highest BCUT2D eigenvalue weighted by molar-refractivity contribution is 5.91. The molecule has 2 aromatic heterocycles. The van der Waals surface area contributed by atoms with Crippen LogP contribution in [-0.4, -0.2) is 40.1 Å². The summed E-state index contributed by atoms with van der Waals surface area (Å²) in [6, 6.07) is 13.3. The fourth-order valence-corrected chi connectivity index (χ4v) is 2.77. The van der Waals surface area contributed by atoms with Gasteiger partial charge in [-0.1, -0.05) is 23.4 Å². The molecule has 1 amide bonds. The molecule has 1 saturated heterocycles. The lowest BCUT2D eigenvalue weighted by atomic mass is 10.2. The first-order chi connectivity index (χ1) is 11.3. The van der Waals surface area contributed by atoms with E-state index < -0.39 is 0 Å². The molecule has 0 saturated carbocycles. The van der Waals surface area contributed by atoms with Gasteiger partial charge in [0.05, 0.1) is 18.3 Å². The van der Waals surface area contributed by atoms with Crippen molar-refractivity contribution < 1.29 is 14.1 Å². The van der Waals surface area contributed by atoms with Crippen LogP contribution in [0.25, 0.3) is 10.9 Å². The zero-order chi connectivity index (χ0) is 15.6. The van der Waals surface area contributed by atoms with Crippen molar-refractivity contribution in [1.82, 2.24) is 15.0 Å². The monoisotopic (exact) mass is 309 g/mol. The number of pyridine rings is 1. The molecule has 3 aromatic rings. The largest absolute Gasteiger partial charge is 0.472 e. The second-order valence-corrected chi connectivity index (χ2v) is 5.50. The predicted octanol–water partition coefficient (Wildman–Crippen LogP) is 2.52. The molecule has 0 N–H and O–H groups in total. The molecule has 1 atom stereocenters. The van der Waals surface area contributed by atoms with Gasteiger partial charge in [0, 0.05) is 30.5 Å². The standard InChI is InChI=1S/C17H15N3O3/c21-17(15-7-9-18-23-15)20-10-8-13(11-20)22-16-6-5-12-3-1-2-4-14(12)19-16/h1-7,9,13H,8,10-11H2. The fourth-order valence-electron chi connectivity index (χ4n) is 2.77. The second-order valence-electron chi connectivity index (χ2n) is 5.50. The Morgan fingerprint density at radius 3 is 3.00 bits per heavy atom. The van der Waals surface area contributed by atoms with Gasteiger partial charge in [-0.25, -0.2) is 4.98 Å². The molecular formula is C17H15N3O3. The van der Waals surface area contributed by atoms with E-state index in [2.05, 4.69) is 10.1 Å². The number of likely N-dealkylation sites (tertiary alicyclic amines) is 1. The Labute approximate surface area is 132 Å². The van der Waals surface area contributed by atoms with Crippen LogP contribution in [0.4, 0.5) is 0 Å². The Hall–Kier alpha value is -2.89. The van der Waals surface area contributed by atoms with Crippen molar-refractivity contribution in [1.29, 1.82) is 0 Å². The maximum absolute atomic E-state index is 12.2. The Morgan fingerprint density at radius 2 is 2.13 bits per heavy atom. The maximum Gasteiger partial charge on any atom is 0.292 e. The third kappa shape index (κ3) is 2.75. The molecule has 4 rings (SSSR count). The molecule has 1 unspecified atom stereocenters. The van der Waals surface area contributed by atoms with Crippen LogP contribution in [-0.2, 0) is 0 Å². The van der Waals surface area contributed by atoms with Gasteiger partial charge in [-0.3, -0.25) is 4.79 Å². The van der Waals surface area contributed by atoms with Crippen molar-refractivity contribution in [3.8, 4) is 5.88 Å². The van der Waals surface area contributed by atoms with Crippen LogP contribution < -0.4 is 4.74 Å². The summed E-state index contributed by atoms with van der Waals surface area (Å²) in [6.07, 6.45) is 2.18. The van der Waals surface area contributed by atoms with Crippen LogP contribution in [0.2, 0.25) is 0 Å². The summed E-state index contributed by atoms with van der Waals surface area (Å²) in [5, 5.41) is 4.64. The van der Waals surface area contributed by atoms with Gasteiger partial charge in [0.2, 0.25) is 11.6 Å². The highest BCUT2D eigenvalue weighted by Crippen LogP contribution is 2.21. The van der Waals surface area contributed by atoms with Gasteiger partial charge in [0.25, 0.3) is 5.91 Å². The zero-order valence-electron chi connectivity index (χ0n) is 12.4. The van der Waals surface area contributed by atoms with E-state index in [1.165, 1.54) is 6.20 Å². The molecule has 6 heteroatoms. The summed E-state index contributed by atoms with van der Waals surface area (Å²) in [7, 11) is 0. The Kier molecular flexibility index (Phi) is 3.42. The topological polar surface area (TPSA) is 68.5 Å². The minimum absolute atomic E-state index is 0.0597. The molecule has 23 heavy (non-hydrogen) atoms. The third-order valence-electron chi connectivity index (χ3n) is 3.94. The van der Waals surface area contributed by atoms with Gasteiger partial charge < -0.3 is 14.2 Å². The van der Waals surface area contributed by atoms with E-state index >= 15 is 0 Å². The van der Waals surface area contributed by atoms with Crippen molar-refractivity contribution in [2.45, 2.75) is 12.5 Å².